The molecule has 3 rings (SSSR count). The molecule has 0 spiro atoms. The number of imidazole rings is 1. The third-order valence-electron chi connectivity index (χ3n) is 4.95. The van der Waals surface area contributed by atoms with E-state index in [-0.39, 0.29) is 17.2 Å². The van der Waals surface area contributed by atoms with Crippen LogP contribution in [0.15, 0.2) is 24.8 Å². The van der Waals surface area contributed by atoms with Gasteiger partial charge in [0.25, 0.3) is 0 Å². The molecule has 0 bridgehead atoms. The minimum absolute atomic E-state index is 0.141. The molecular weight excluding hydrogens is 328 g/mol. The van der Waals surface area contributed by atoms with E-state index in [1.807, 2.05) is 4.57 Å². The summed E-state index contributed by atoms with van der Waals surface area (Å²) in [5.74, 6) is 0. The molecule has 0 saturated heterocycles. The molecule has 1 aliphatic rings. The second-order valence-electron chi connectivity index (χ2n) is 7.59. The van der Waals surface area contributed by atoms with Crippen molar-refractivity contribution in [3.8, 4) is 0 Å². The van der Waals surface area contributed by atoms with Gasteiger partial charge in [-0.05, 0) is 18.1 Å². The summed E-state index contributed by atoms with van der Waals surface area (Å²) in [7, 11) is -1.78. The summed E-state index contributed by atoms with van der Waals surface area (Å²) in [6, 6.07) is 0.179. The van der Waals surface area contributed by atoms with Gasteiger partial charge in [0.2, 0.25) is 0 Å². The van der Waals surface area contributed by atoms with Gasteiger partial charge in [0.1, 0.15) is 11.8 Å². The first-order chi connectivity index (χ1) is 10.7. The Morgan fingerprint density at radius 3 is 2.65 bits per heavy atom. The summed E-state index contributed by atoms with van der Waals surface area (Å²) in [4.78, 5) is 12.6. The Morgan fingerprint density at radius 2 is 1.96 bits per heavy atom. The van der Waals surface area contributed by atoms with Crippen LogP contribution in [-0.2, 0) is 4.43 Å². The van der Waals surface area contributed by atoms with Gasteiger partial charge in [-0.1, -0.05) is 44.5 Å². The number of aromatic nitrogens is 4. The smallest absolute Gasteiger partial charge is 0.192 e. The van der Waals surface area contributed by atoms with Gasteiger partial charge < -0.3 is 8.99 Å². The van der Waals surface area contributed by atoms with Gasteiger partial charge >= 0.3 is 0 Å². The molecule has 124 valence electrons. The summed E-state index contributed by atoms with van der Waals surface area (Å²) in [6.07, 6.45) is 8.59. The maximum Gasteiger partial charge on any atom is 0.192 e. The van der Waals surface area contributed by atoms with Gasteiger partial charge in [0, 0.05) is 6.42 Å². The third kappa shape index (κ3) is 3.07. The number of halogens is 1. The van der Waals surface area contributed by atoms with Gasteiger partial charge in [-0.15, -0.1) is 0 Å². The molecule has 0 aromatic carbocycles. The molecule has 0 fully saturated rings. The zero-order valence-electron chi connectivity index (χ0n) is 14.2. The van der Waals surface area contributed by atoms with Crippen molar-refractivity contribution >= 4 is 31.1 Å². The molecule has 1 aliphatic carbocycles. The first-order valence-electron chi connectivity index (χ1n) is 7.88. The zero-order chi connectivity index (χ0) is 16.8. The SMILES string of the molecule is CC(C)(C)[Si](C)(C)O[C@@H]1C=C[C@@H](n2cnc3ncnc(Cl)c32)C1. The maximum atomic E-state index is 6.49. The van der Waals surface area contributed by atoms with E-state index in [0.29, 0.717) is 10.8 Å². The highest BCUT2D eigenvalue weighted by molar-refractivity contribution is 6.74. The first-order valence-corrected chi connectivity index (χ1v) is 11.2. The molecule has 2 aromatic heterocycles. The van der Waals surface area contributed by atoms with Crippen LogP contribution in [0, 0.1) is 0 Å². The largest absolute Gasteiger partial charge is 0.410 e. The van der Waals surface area contributed by atoms with E-state index in [0.717, 1.165) is 11.9 Å². The second kappa shape index (κ2) is 5.68. The van der Waals surface area contributed by atoms with E-state index in [4.69, 9.17) is 16.0 Å². The molecule has 0 aliphatic heterocycles. The maximum absolute atomic E-state index is 6.49. The monoisotopic (exact) mass is 350 g/mol. The van der Waals surface area contributed by atoms with Crippen LogP contribution in [-0.4, -0.2) is 33.9 Å². The lowest BCUT2D eigenvalue weighted by Gasteiger charge is -2.38. The summed E-state index contributed by atoms with van der Waals surface area (Å²) < 4.78 is 8.53. The molecule has 0 unspecified atom stereocenters. The molecule has 0 amide bonds. The Balaban J connectivity index is 1.79. The molecule has 0 N–H and O–H groups in total. The van der Waals surface area contributed by atoms with Crippen LogP contribution < -0.4 is 0 Å². The number of hydrogen-bond acceptors (Lipinski definition) is 4. The van der Waals surface area contributed by atoms with Crippen molar-refractivity contribution in [2.24, 2.45) is 0 Å². The zero-order valence-corrected chi connectivity index (χ0v) is 16.0. The summed E-state index contributed by atoms with van der Waals surface area (Å²) >= 11 is 6.22. The molecular formula is C16H23ClN4OSi. The second-order valence-corrected chi connectivity index (χ2v) is 12.7. The highest BCUT2D eigenvalue weighted by Crippen LogP contribution is 2.40. The molecule has 2 heterocycles. The highest BCUT2D eigenvalue weighted by atomic mass is 35.5. The van der Waals surface area contributed by atoms with Crippen LogP contribution in [0.1, 0.15) is 33.2 Å². The average Bonchev–Trinajstić information content (AvgIpc) is 3.03. The fourth-order valence-electron chi connectivity index (χ4n) is 2.59. The Kier molecular flexibility index (Phi) is 4.10. The van der Waals surface area contributed by atoms with Crippen molar-refractivity contribution in [2.45, 2.75) is 57.5 Å². The van der Waals surface area contributed by atoms with Crippen molar-refractivity contribution in [1.29, 1.82) is 0 Å². The highest BCUT2D eigenvalue weighted by Gasteiger charge is 2.40. The number of hydrogen-bond donors (Lipinski definition) is 0. The Morgan fingerprint density at radius 1 is 1.22 bits per heavy atom. The number of allylic oxidation sites excluding steroid dienone is 1. The summed E-state index contributed by atoms with van der Waals surface area (Å²) in [5.41, 5.74) is 1.42. The van der Waals surface area contributed by atoms with E-state index in [2.05, 4.69) is 61.0 Å². The predicted octanol–water partition coefficient (Wildman–Crippen LogP) is 4.37. The lowest BCUT2D eigenvalue weighted by Crippen LogP contribution is -2.43. The van der Waals surface area contributed by atoms with Gasteiger partial charge in [-0.2, -0.15) is 0 Å². The van der Waals surface area contributed by atoms with E-state index in [1.54, 1.807) is 6.33 Å². The Hall–Kier alpha value is -1.24. The Bertz CT molecular complexity index is 750. The fourth-order valence-corrected chi connectivity index (χ4v) is 4.10. The van der Waals surface area contributed by atoms with Gasteiger partial charge in [-0.25, -0.2) is 15.0 Å². The standard InChI is InChI=1S/C16H23ClN4OSi/c1-16(2,3)23(4,5)22-12-7-6-11(8-12)21-10-20-15-13(21)14(17)18-9-19-15/h6-7,9-12H,8H2,1-5H3/t11-,12-/m1/s1. The lowest BCUT2D eigenvalue weighted by molar-refractivity contribution is 0.213. The lowest BCUT2D eigenvalue weighted by atomic mass is 10.2. The quantitative estimate of drug-likeness (QED) is 0.468. The number of fused-ring (bicyclic) bond motifs is 1. The minimum atomic E-state index is -1.78. The van der Waals surface area contributed by atoms with E-state index in [1.165, 1.54) is 6.33 Å². The van der Waals surface area contributed by atoms with Crippen LogP contribution in [0.3, 0.4) is 0 Å². The summed E-state index contributed by atoms with van der Waals surface area (Å²) in [6.45, 7) is 11.3. The van der Waals surface area contributed by atoms with Crippen molar-refractivity contribution in [2.75, 3.05) is 0 Å². The van der Waals surface area contributed by atoms with E-state index in [9.17, 15) is 0 Å². The Labute approximate surface area is 142 Å². The molecule has 0 radical (unpaired) electrons. The van der Waals surface area contributed by atoms with Crippen molar-refractivity contribution in [3.63, 3.8) is 0 Å². The molecule has 0 saturated carbocycles. The average molecular weight is 351 g/mol. The van der Waals surface area contributed by atoms with Crippen LogP contribution in [0.5, 0.6) is 0 Å². The summed E-state index contributed by atoms with van der Waals surface area (Å²) in [5, 5.41) is 0.646. The molecule has 23 heavy (non-hydrogen) atoms. The molecule has 2 atom stereocenters. The fraction of sp³-hybridized carbons (Fsp3) is 0.562. The van der Waals surface area contributed by atoms with Crippen molar-refractivity contribution < 1.29 is 4.43 Å². The van der Waals surface area contributed by atoms with Crippen LogP contribution in [0.2, 0.25) is 23.3 Å². The third-order valence-corrected chi connectivity index (χ3v) is 9.73. The van der Waals surface area contributed by atoms with Crippen molar-refractivity contribution in [1.82, 2.24) is 19.5 Å². The normalized spacial score (nSPS) is 22.2. The molecule has 5 nitrogen and oxygen atoms in total. The van der Waals surface area contributed by atoms with Gasteiger partial charge in [0.15, 0.2) is 19.1 Å². The van der Waals surface area contributed by atoms with Crippen LogP contribution in [0.4, 0.5) is 0 Å². The van der Waals surface area contributed by atoms with Gasteiger partial charge in [-0.3, -0.25) is 0 Å². The molecule has 7 heteroatoms. The van der Waals surface area contributed by atoms with Crippen molar-refractivity contribution in [3.05, 3.63) is 30.0 Å². The van der Waals surface area contributed by atoms with Crippen LogP contribution >= 0.6 is 11.6 Å². The van der Waals surface area contributed by atoms with E-state index < -0.39 is 8.32 Å². The predicted molar refractivity (Wildman–Crippen MR) is 95.2 cm³/mol. The molecule has 2 aromatic rings. The topological polar surface area (TPSA) is 52.8 Å². The number of rotatable bonds is 3. The van der Waals surface area contributed by atoms with E-state index >= 15 is 0 Å². The number of nitrogens with zero attached hydrogens (tertiary/aromatic N) is 4. The van der Waals surface area contributed by atoms with Crippen LogP contribution in [0.25, 0.3) is 11.2 Å². The minimum Gasteiger partial charge on any atom is -0.410 e. The van der Waals surface area contributed by atoms with Gasteiger partial charge in [0.05, 0.1) is 18.5 Å². The first kappa shape index (κ1) is 16.6.